The van der Waals surface area contributed by atoms with E-state index in [2.05, 4.69) is 15.9 Å². The minimum absolute atomic E-state index is 0.381. The predicted octanol–water partition coefficient (Wildman–Crippen LogP) is 2.50. The lowest BCUT2D eigenvalue weighted by molar-refractivity contribution is -0.104. The Labute approximate surface area is 79.0 Å². The molecule has 0 spiro atoms. The Morgan fingerprint density at radius 3 is 2.58 bits per heavy atom. The first kappa shape index (κ1) is 9.00. The summed E-state index contributed by atoms with van der Waals surface area (Å²) in [6.07, 6.45) is 2.02. The number of ether oxygens (including phenoxy) is 1. The number of allylic oxidation sites excluding steroid dienone is 1. The van der Waals surface area contributed by atoms with Crippen molar-refractivity contribution in [2.24, 2.45) is 0 Å². The van der Waals surface area contributed by atoms with Crippen LogP contribution in [0.3, 0.4) is 0 Å². The van der Waals surface area contributed by atoms with Gasteiger partial charge in [-0.3, -0.25) is 4.79 Å². The normalized spacial score (nSPS) is 10.9. The number of hydrogen-bond donors (Lipinski definition) is 0. The first-order valence-corrected chi connectivity index (χ1v) is 4.15. The number of carbonyl (C=O) groups is 1. The summed E-state index contributed by atoms with van der Waals surface area (Å²) in [6.45, 7) is 0. The van der Waals surface area contributed by atoms with E-state index in [1.165, 1.54) is 6.26 Å². The van der Waals surface area contributed by atoms with E-state index in [9.17, 15) is 4.79 Å². The molecule has 1 rings (SSSR count). The second-order valence-corrected chi connectivity index (χ2v) is 2.97. The fourth-order valence-electron chi connectivity index (χ4n) is 0.651. The maximum Gasteiger partial charge on any atom is 0.160 e. The summed E-state index contributed by atoms with van der Waals surface area (Å²) in [6, 6.07) is 9.23. The molecule has 0 unspecified atom stereocenters. The van der Waals surface area contributed by atoms with Crippen LogP contribution < -0.4 is 4.74 Å². The molecule has 0 aliphatic rings. The summed E-state index contributed by atoms with van der Waals surface area (Å²) in [5.74, 6) is 0.705. The Kier molecular flexibility index (Phi) is 3.54. The molecular weight excluding hydrogens is 220 g/mol. The predicted molar refractivity (Wildman–Crippen MR) is 50.1 cm³/mol. The summed E-state index contributed by atoms with van der Waals surface area (Å²) >= 11 is 3.00. The quantitative estimate of drug-likeness (QED) is 0.450. The SMILES string of the molecule is O=CC(Br)=COc1ccccc1. The van der Waals surface area contributed by atoms with Crippen LogP contribution in [-0.4, -0.2) is 6.29 Å². The van der Waals surface area contributed by atoms with E-state index in [1.807, 2.05) is 30.3 Å². The van der Waals surface area contributed by atoms with Crippen LogP contribution in [0.2, 0.25) is 0 Å². The van der Waals surface area contributed by atoms with E-state index < -0.39 is 0 Å². The number of benzene rings is 1. The van der Waals surface area contributed by atoms with Crippen molar-refractivity contribution in [3.8, 4) is 5.75 Å². The molecule has 62 valence electrons. The van der Waals surface area contributed by atoms with Gasteiger partial charge in [-0.2, -0.15) is 0 Å². The van der Waals surface area contributed by atoms with Crippen molar-refractivity contribution in [2.45, 2.75) is 0 Å². The summed E-state index contributed by atoms with van der Waals surface area (Å²) in [7, 11) is 0. The minimum atomic E-state index is 0.381. The topological polar surface area (TPSA) is 26.3 Å². The third-order valence-electron chi connectivity index (χ3n) is 1.16. The van der Waals surface area contributed by atoms with Gasteiger partial charge in [0, 0.05) is 0 Å². The molecular formula is C9H7BrO2. The molecule has 0 atom stereocenters. The van der Waals surface area contributed by atoms with Crippen LogP contribution in [0, 0.1) is 0 Å². The Bertz CT molecular complexity index is 280. The first-order valence-electron chi connectivity index (χ1n) is 3.35. The standard InChI is InChI=1S/C9H7BrO2/c10-8(6-11)7-12-9-4-2-1-3-5-9/h1-7H. The number of rotatable bonds is 3. The van der Waals surface area contributed by atoms with Crippen LogP contribution in [0.5, 0.6) is 5.75 Å². The Morgan fingerprint density at radius 2 is 2.00 bits per heavy atom. The van der Waals surface area contributed by atoms with E-state index in [-0.39, 0.29) is 0 Å². The van der Waals surface area contributed by atoms with Gasteiger partial charge in [0.1, 0.15) is 12.0 Å². The van der Waals surface area contributed by atoms with E-state index in [4.69, 9.17) is 4.74 Å². The molecule has 0 saturated heterocycles. The van der Waals surface area contributed by atoms with E-state index in [0.29, 0.717) is 16.5 Å². The zero-order valence-electron chi connectivity index (χ0n) is 6.24. The molecule has 0 aliphatic carbocycles. The van der Waals surface area contributed by atoms with E-state index in [0.717, 1.165) is 0 Å². The molecule has 0 radical (unpaired) electrons. The van der Waals surface area contributed by atoms with Gasteiger partial charge in [0.05, 0.1) is 4.48 Å². The Balaban J connectivity index is 2.60. The van der Waals surface area contributed by atoms with E-state index in [1.54, 1.807) is 0 Å². The van der Waals surface area contributed by atoms with Gasteiger partial charge in [0.15, 0.2) is 6.29 Å². The van der Waals surface area contributed by atoms with Crippen LogP contribution in [0.4, 0.5) is 0 Å². The van der Waals surface area contributed by atoms with Crippen molar-refractivity contribution in [1.82, 2.24) is 0 Å². The van der Waals surface area contributed by atoms with Gasteiger partial charge >= 0.3 is 0 Å². The lowest BCUT2D eigenvalue weighted by Gasteiger charge is -1.97. The highest BCUT2D eigenvalue weighted by molar-refractivity contribution is 9.12. The summed E-state index contributed by atoms with van der Waals surface area (Å²) < 4.78 is 5.50. The summed E-state index contributed by atoms with van der Waals surface area (Å²) in [4.78, 5) is 10.1. The second-order valence-electron chi connectivity index (χ2n) is 2.05. The minimum Gasteiger partial charge on any atom is -0.464 e. The number of aldehydes is 1. The second kappa shape index (κ2) is 4.72. The van der Waals surface area contributed by atoms with E-state index >= 15 is 0 Å². The monoisotopic (exact) mass is 226 g/mol. The third-order valence-corrected chi connectivity index (χ3v) is 1.54. The molecule has 0 heterocycles. The lowest BCUT2D eigenvalue weighted by atomic mass is 10.3. The highest BCUT2D eigenvalue weighted by Gasteiger charge is 1.89. The molecule has 12 heavy (non-hydrogen) atoms. The zero-order valence-corrected chi connectivity index (χ0v) is 7.82. The van der Waals surface area contributed by atoms with Crippen LogP contribution >= 0.6 is 15.9 Å². The zero-order chi connectivity index (χ0) is 8.81. The van der Waals surface area contributed by atoms with Gasteiger partial charge in [-0.1, -0.05) is 18.2 Å². The summed E-state index contributed by atoms with van der Waals surface area (Å²) in [5, 5.41) is 0. The van der Waals surface area contributed by atoms with Crippen LogP contribution in [0.25, 0.3) is 0 Å². The maximum absolute atomic E-state index is 10.1. The highest BCUT2D eigenvalue weighted by Crippen LogP contribution is 2.10. The maximum atomic E-state index is 10.1. The number of carbonyl (C=O) groups excluding carboxylic acids is 1. The molecule has 0 saturated carbocycles. The Hall–Kier alpha value is -1.09. The van der Waals surface area contributed by atoms with Crippen molar-refractivity contribution >= 4 is 22.2 Å². The fourth-order valence-corrected chi connectivity index (χ4v) is 0.745. The molecule has 0 bridgehead atoms. The van der Waals surface area contributed by atoms with Gasteiger partial charge in [-0.05, 0) is 28.1 Å². The van der Waals surface area contributed by atoms with Crippen LogP contribution in [-0.2, 0) is 4.79 Å². The van der Waals surface area contributed by atoms with Crippen molar-refractivity contribution in [1.29, 1.82) is 0 Å². The van der Waals surface area contributed by atoms with Crippen LogP contribution in [0.1, 0.15) is 0 Å². The molecule has 1 aromatic rings. The molecule has 1 aromatic carbocycles. The molecule has 3 heteroatoms. The largest absolute Gasteiger partial charge is 0.464 e. The number of para-hydroxylation sites is 1. The third kappa shape index (κ3) is 2.88. The van der Waals surface area contributed by atoms with Crippen molar-refractivity contribution in [2.75, 3.05) is 0 Å². The molecule has 2 nitrogen and oxygen atoms in total. The molecule has 0 fully saturated rings. The van der Waals surface area contributed by atoms with Crippen LogP contribution in [0.15, 0.2) is 41.1 Å². The molecule has 0 N–H and O–H groups in total. The number of halogens is 1. The first-order chi connectivity index (χ1) is 5.83. The van der Waals surface area contributed by atoms with Crippen molar-refractivity contribution in [3.63, 3.8) is 0 Å². The molecule has 0 amide bonds. The van der Waals surface area contributed by atoms with Gasteiger partial charge in [-0.25, -0.2) is 0 Å². The molecule has 0 aromatic heterocycles. The van der Waals surface area contributed by atoms with Gasteiger partial charge in [-0.15, -0.1) is 0 Å². The average molecular weight is 227 g/mol. The summed E-state index contributed by atoms with van der Waals surface area (Å²) in [5.41, 5.74) is 0. The Morgan fingerprint density at radius 1 is 1.33 bits per heavy atom. The smallest absolute Gasteiger partial charge is 0.160 e. The number of hydrogen-bond acceptors (Lipinski definition) is 2. The van der Waals surface area contributed by atoms with Gasteiger partial charge in [0.25, 0.3) is 0 Å². The highest BCUT2D eigenvalue weighted by atomic mass is 79.9. The van der Waals surface area contributed by atoms with Crippen molar-refractivity contribution in [3.05, 3.63) is 41.1 Å². The average Bonchev–Trinajstić information content (AvgIpc) is 2.16. The fraction of sp³-hybridized carbons (Fsp3) is 0. The van der Waals surface area contributed by atoms with Crippen molar-refractivity contribution < 1.29 is 9.53 Å². The molecule has 0 aliphatic heterocycles. The van der Waals surface area contributed by atoms with Gasteiger partial charge in [0.2, 0.25) is 0 Å². The van der Waals surface area contributed by atoms with Gasteiger partial charge < -0.3 is 4.74 Å². The lowest BCUT2D eigenvalue weighted by Crippen LogP contribution is -1.83.